The van der Waals surface area contributed by atoms with Crippen LogP contribution in [0.5, 0.6) is 0 Å². The predicted octanol–water partition coefficient (Wildman–Crippen LogP) is 0.979. The monoisotopic (exact) mass is 360 g/mol. The Balaban J connectivity index is 1.78. The number of carbonyl (C=O) groups is 2. The van der Waals surface area contributed by atoms with Crippen molar-refractivity contribution in [3.63, 3.8) is 0 Å². The van der Waals surface area contributed by atoms with Gasteiger partial charge < -0.3 is 10.2 Å². The summed E-state index contributed by atoms with van der Waals surface area (Å²) in [4.78, 5) is 39.9. The smallest absolute Gasteiger partial charge is 0.269 e. The van der Waals surface area contributed by atoms with Crippen LogP contribution in [-0.4, -0.2) is 46.4 Å². The van der Waals surface area contributed by atoms with Gasteiger partial charge in [-0.25, -0.2) is 0 Å². The minimum absolute atomic E-state index is 0.0503. The molecule has 0 unspecified atom stereocenters. The van der Waals surface area contributed by atoms with Gasteiger partial charge in [-0.2, -0.15) is 0 Å². The summed E-state index contributed by atoms with van der Waals surface area (Å²) in [5.74, 6) is -0.726. The molecule has 1 N–H and O–H groups in total. The van der Waals surface area contributed by atoms with Crippen LogP contribution < -0.4 is 10.2 Å². The van der Waals surface area contributed by atoms with E-state index in [0.29, 0.717) is 5.56 Å². The first-order valence-corrected chi connectivity index (χ1v) is 8.42. The molecule has 1 atom stereocenters. The quantitative estimate of drug-likeness (QED) is 0.366. The third-order valence-corrected chi connectivity index (χ3v) is 5.40. The third-order valence-electron chi connectivity index (χ3n) is 5.10. The van der Waals surface area contributed by atoms with Gasteiger partial charge in [0, 0.05) is 37.5 Å². The molecule has 9 heteroatoms. The number of hydrogen-bond donors (Lipinski definition) is 1. The molecule has 2 aliphatic heterocycles. The molecular weight excluding hydrogens is 344 g/mol. The summed E-state index contributed by atoms with van der Waals surface area (Å²) in [5.41, 5.74) is 0.0578. The first kappa shape index (κ1) is 15.9. The molecule has 1 aromatic carbocycles. The summed E-state index contributed by atoms with van der Waals surface area (Å²) < 4.78 is 0. The standard InChI is InChI=1S/C16H16N4O4S/c1-18-8-16(7-9-6-11(20(23)24)4-5-12(9)18)13(21)17-15(25)19(14(16)22)10-2-3-10/h4-6,10H,2-3,7-8H2,1H3,(H,17,21,25)/t16-/m0/s1. The summed E-state index contributed by atoms with van der Waals surface area (Å²) in [6.45, 7) is 0.217. The normalized spacial score (nSPS) is 25.9. The van der Waals surface area contributed by atoms with Crippen molar-refractivity contribution in [3.8, 4) is 0 Å². The van der Waals surface area contributed by atoms with Gasteiger partial charge in [-0.05, 0) is 43.1 Å². The van der Waals surface area contributed by atoms with Crippen LogP contribution in [0.1, 0.15) is 18.4 Å². The van der Waals surface area contributed by atoms with Crippen LogP contribution in [0.2, 0.25) is 0 Å². The second-order valence-electron chi connectivity index (χ2n) is 6.85. The van der Waals surface area contributed by atoms with Gasteiger partial charge in [0.25, 0.3) is 5.69 Å². The lowest BCUT2D eigenvalue weighted by atomic mass is 9.74. The second-order valence-corrected chi connectivity index (χ2v) is 7.24. The molecule has 0 aromatic heterocycles. The van der Waals surface area contributed by atoms with E-state index < -0.39 is 16.2 Å². The maximum absolute atomic E-state index is 13.2. The number of carbonyl (C=O) groups excluding carboxylic acids is 2. The Kier molecular flexibility index (Phi) is 3.33. The molecular formula is C16H16N4O4S. The van der Waals surface area contributed by atoms with Gasteiger partial charge in [-0.1, -0.05) is 0 Å². The number of nitrogens with zero attached hydrogens (tertiary/aromatic N) is 3. The number of amides is 2. The molecule has 0 radical (unpaired) electrons. The molecule has 8 nitrogen and oxygen atoms in total. The number of fused-ring (bicyclic) bond motifs is 1. The first-order chi connectivity index (χ1) is 11.8. The Bertz CT molecular complexity index is 837. The summed E-state index contributed by atoms with van der Waals surface area (Å²) in [6.07, 6.45) is 1.87. The van der Waals surface area contributed by atoms with E-state index in [-0.39, 0.29) is 35.7 Å². The van der Waals surface area contributed by atoms with Gasteiger partial charge in [-0.3, -0.25) is 24.6 Å². The highest BCUT2D eigenvalue weighted by atomic mass is 32.1. The van der Waals surface area contributed by atoms with E-state index in [9.17, 15) is 19.7 Å². The molecule has 2 heterocycles. The zero-order valence-electron chi connectivity index (χ0n) is 13.5. The summed E-state index contributed by atoms with van der Waals surface area (Å²) in [5, 5.41) is 13.9. The van der Waals surface area contributed by atoms with Crippen molar-refractivity contribution >= 4 is 40.5 Å². The minimum atomic E-state index is -1.30. The van der Waals surface area contributed by atoms with E-state index in [2.05, 4.69) is 5.32 Å². The number of non-ortho nitro benzene ring substituents is 1. The van der Waals surface area contributed by atoms with Crippen molar-refractivity contribution < 1.29 is 14.5 Å². The Labute approximate surface area is 148 Å². The zero-order valence-corrected chi connectivity index (χ0v) is 14.3. The van der Waals surface area contributed by atoms with Gasteiger partial charge in [0.1, 0.15) is 5.41 Å². The van der Waals surface area contributed by atoms with Crippen LogP contribution in [0.15, 0.2) is 18.2 Å². The second kappa shape index (κ2) is 5.22. The highest BCUT2D eigenvalue weighted by Crippen LogP contribution is 2.42. The van der Waals surface area contributed by atoms with Crippen molar-refractivity contribution in [1.82, 2.24) is 10.2 Å². The van der Waals surface area contributed by atoms with E-state index in [1.165, 1.54) is 17.0 Å². The van der Waals surface area contributed by atoms with Crippen molar-refractivity contribution in [1.29, 1.82) is 0 Å². The molecule has 1 saturated heterocycles. The SMILES string of the molecule is CN1C[C@@]2(Cc3cc([N+](=O)[O-])ccc31)C(=O)NC(=S)N(C1CC1)C2=O. The zero-order chi connectivity index (χ0) is 17.9. The maximum atomic E-state index is 13.2. The number of rotatable bonds is 2. The van der Waals surface area contributed by atoms with Gasteiger partial charge in [0.15, 0.2) is 5.11 Å². The van der Waals surface area contributed by atoms with Gasteiger partial charge >= 0.3 is 0 Å². The summed E-state index contributed by atoms with van der Waals surface area (Å²) >= 11 is 5.18. The number of benzene rings is 1. The summed E-state index contributed by atoms with van der Waals surface area (Å²) in [6, 6.07) is 4.59. The Hall–Kier alpha value is -2.55. The van der Waals surface area contributed by atoms with Crippen molar-refractivity contribution in [2.45, 2.75) is 25.3 Å². The lowest BCUT2D eigenvalue weighted by molar-refractivity contribution is -0.384. The van der Waals surface area contributed by atoms with E-state index in [0.717, 1.165) is 18.5 Å². The fourth-order valence-electron chi connectivity index (χ4n) is 3.73. The molecule has 1 saturated carbocycles. The van der Waals surface area contributed by atoms with Crippen LogP contribution in [-0.2, 0) is 16.0 Å². The van der Waals surface area contributed by atoms with Gasteiger partial charge in [0.2, 0.25) is 11.8 Å². The summed E-state index contributed by atoms with van der Waals surface area (Å²) in [7, 11) is 1.78. The molecule has 2 fully saturated rings. The number of anilines is 1. The topological polar surface area (TPSA) is 95.8 Å². The molecule has 2 amide bonds. The molecule has 3 aliphatic rings. The van der Waals surface area contributed by atoms with E-state index in [4.69, 9.17) is 12.2 Å². The third kappa shape index (κ3) is 2.30. The average molecular weight is 360 g/mol. The van der Waals surface area contributed by atoms with Gasteiger partial charge in [-0.15, -0.1) is 0 Å². The van der Waals surface area contributed by atoms with Crippen LogP contribution in [0.25, 0.3) is 0 Å². The molecule has 0 bridgehead atoms. The first-order valence-electron chi connectivity index (χ1n) is 8.01. The fraction of sp³-hybridized carbons (Fsp3) is 0.438. The Morgan fingerprint density at radius 3 is 2.72 bits per heavy atom. The minimum Gasteiger partial charge on any atom is -0.373 e. The van der Waals surface area contributed by atoms with Gasteiger partial charge in [0.05, 0.1) is 4.92 Å². The number of thiocarbonyl (C=S) groups is 1. The number of nitro benzene ring substituents is 1. The molecule has 1 aromatic rings. The van der Waals surface area contributed by atoms with Crippen molar-refractivity contribution in [3.05, 3.63) is 33.9 Å². The Morgan fingerprint density at radius 1 is 1.36 bits per heavy atom. The highest BCUT2D eigenvalue weighted by molar-refractivity contribution is 7.80. The maximum Gasteiger partial charge on any atom is 0.269 e. The van der Waals surface area contributed by atoms with Crippen LogP contribution in [0.4, 0.5) is 11.4 Å². The predicted molar refractivity (Wildman–Crippen MR) is 93.1 cm³/mol. The number of nitro groups is 1. The lowest BCUT2D eigenvalue weighted by Gasteiger charge is -2.46. The van der Waals surface area contributed by atoms with E-state index >= 15 is 0 Å². The number of hydrogen-bond acceptors (Lipinski definition) is 6. The van der Waals surface area contributed by atoms with Crippen molar-refractivity contribution in [2.75, 3.05) is 18.5 Å². The lowest BCUT2D eigenvalue weighted by Crippen LogP contribution is -2.68. The van der Waals surface area contributed by atoms with Crippen LogP contribution in [0, 0.1) is 15.5 Å². The number of nitrogens with one attached hydrogen (secondary N) is 1. The average Bonchev–Trinajstić information content (AvgIpc) is 3.37. The molecule has 130 valence electrons. The molecule has 1 spiro atoms. The largest absolute Gasteiger partial charge is 0.373 e. The molecule has 1 aliphatic carbocycles. The van der Waals surface area contributed by atoms with E-state index in [1.54, 1.807) is 18.0 Å². The molecule has 25 heavy (non-hydrogen) atoms. The van der Waals surface area contributed by atoms with Crippen LogP contribution >= 0.6 is 12.2 Å². The Morgan fingerprint density at radius 2 is 2.08 bits per heavy atom. The highest BCUT2D eigenvalue weighted by Gasteiger charge is 2.57. The van der Waals surface area contributed by atoms with Crippen molar-refractivity contribution in [2.24, 2.45) is 5.41 Å². The fourth-order valence-corrected chi connectivity index (χ4v) is 4.05. The van der Waals surface area contributed by atoms with E-state index in [1.807, 2.05) is 0 Å². The molecule has 4 rings (SSSR count). The van der Waals surface area contributed by atoms with Crippen LogP contribution in [0.3, 0.4) is 0 Å².